The summed E-state index contributed by atoms with van der Waals surface area (Å²) in [6.07, 6.45) is -0.0522. The van der Waals surface area contributed by atoms with Gasteiger partial charge in [0.1, 0.15) is 22.2 Å². The van der Waals surface area contributed by atoms with Crippen LogP contribution in [0.5, 0.6) is 0 Å². The van der Waals surface area contributed by atoms with E-state index >= 15 is 0 Å². The second kappa shape index (κ2) is 7.97. The van der Waals surface area contributed by atoms with Gasteiger partial charge < -0.3 is 9.84 Å². The molecule has 0 aliphatic carbocycles. The number of thiol groups is 1. The zero-order valence-electron chi connectivity index (χ0n) is 14.1. The first-order valence-electron chi connectivity index (χ1n) is 8.08. The van der Waals surface area contributed by atoms with Crippen molar-refractivity contribution in [3.05, 3.63) is 60.4 Å². The van der Waals surface area contributed by atoms with Crippen LogP contribution in [-0.4, -0.2) is 25.2 Å². The summed E-state index contributed by atoms with van der Waals surface area (Å²) in [6.45, 7) is 1.86. The molecular formula is C19H18N2O4S. The largest absolute Gasteiger partial charge is 0.360 e. The summed E-state index contributed by atoms with van der Waals surface area (Å²) < 4.78 is 26.5. The molecule has 0 radical (unpaired) electrons. The minimum Gasteiger partial charge on any atom is -0.360 e. The SMILES string of the molecule is Cc1onc(-c2ccccc2)c1-c1ccc(NC(=O)CC[SH](=O)=O)cc1. The average Bonchev–Trinajstić information content (AvgIpc) is 3.03. The number of aromatic nitrogens is 1. The third-order valence-electron chi connectivity index (χ3n) is 3.89. The van der Waals surface area contributed by atoms with E-state index in [0.29, 0.717) is 11.4 Å². The standard InChI is InChI=1S/C19H18N2O4S/c1-13-18(19(21-25-13)15-5-3-2-4-6-15)14-7-9-16(10-8-14)20-17(22)11-12-26(23)24/h2-10,26H,11-12H2,1H3,(H,20,22). The van der Waals surface area contributed by atoms with Crippen LogP contribution in [0.25, 0.3) is 22.4 Å². The lowest BCUT2D eigenvalue weighted by Gasteiger charge is -2.07. The molecule has 0 unspecified atom stereocenters. The molecule has 0 fully saturated rings. The van der Waals surface area contributed by atoms with Crippen LogP contribution in [0, 0.1) is 6.92 Å². The van der Waals surface area contributed by atoms with E-state index in [4.69, 9.17) is 4.52 Å². The lowest BCUT2D eigenvalue weighted by atomic mass is 9.99. The predicted octanol–water partition coefficient (Wildman–Crippen LogP) is 3.26. The van der Waals surface area contributed by atoms with Crippen LogP contribution < -0.4 is 5.32 Å². The maximum atomic E-state index is 11.7. The first kappa shape index (κ1) is 17.9. The third kappa shape index (κ3) is 4.18. The number of aryl methyl sites for hydroxylation is 1. The lowest BCUT2D eigenvalue weighted by Crippen LogP contribution is -2.13. The van der Waals surface area contributed by atoms with E-state index in [1.165, 1.54) is 0 Å². The molecule has 0 saturated carbocycles. The van der Waals surface area contributed by atoms with Crippen molar-refractivity contribution in [3.63, 3.8) is 0 Å². The van der Waals surface area contributed by atoms with Gasteiger partial charge in [-0.25, -0.2) is 8.42 Å². The van der Waals surface area contributed by atoms with Gasteiger partial charge in [-0.15, -0.1) is 0 Å². The van der Waals surface area contributed by atoms with Gasteiger partial charge in [0.15, 0.2) is 0 Å². The highest BCUT2D eigenvalue weighted by Crippen LogP contribution is 2.34. The fourth-order valence-electron chi connectivity index (χ4n) is 2.64. The van der Waals surface area contributed by atoms with Gasteiger partial charge in [-0.3, -0.25) is 4.79 Å². The smallest absolute Gasteiger partial charge is 0.225 e. The number of nitrogens with zero attached hydrogens (tertiary/aromatic N) is 1. The number of hydrogen-bond donors (Lipinski definition) is 2. The molecule has 0 atom stereocenters. The van der Waals surface area contributed by atoms with Crippen molar-refractivity contribution < 1.29 is 17.7 Å². The molecule has 1 aromatic heterocycles. The normalized spacial score (nSPS) is 10.8. The van der Waals surface area contributed by atoms with Crippen LogP contribution in [0.4, 0.5) is 5.69 Å². The molecule has 0 bridgehead atoms. The second-order valence-corrected chi connectivity index (χ2v) is 6.87. The third-order valence-corrected chi connectivity index (χ3v) is 4.48. The van der Waals surface area contributed by atoms with Gasteiger partial charge in [0, 0.05) is 17.7 Å². The van der Waals surface area contributed by atoms with Crippen molar-refractivity contribution in [1.82, 2.24) is 5.16 Å². The fourth-order valence-corrected chi connectivity index (χ4v) is 3.03. The number of hydrogen-bond acceptors (Lipinski definition) is 5. The number of nitrogens with one attached hydrogen (secondary N) is 1. The van der Waals surface area contributed by atoms with Crippen molar-refractivity contribution in [3.8, 4) is 22.4 Å². The van der Waals surface area contributed by atoms with Crippen LogP contribution in [0.1, 0.15) is 12.2 Å². The molecule has 134 valence electrons. The number of anilines is 1. The Morgan fingerprint density at radius 1 is 1.04 bits per heavy atom. The molecule has 1 N–H and O–H groups in total. The molecule has 1 amide bonds. The summed E-state index contributed by atoms with van der Waals surface area (Å²) in [5, 5.41) is 6.86. The first-order chi connectivity index (χ1) is 12.5. The first-order valence-corrected chi connectivity index (χ1v) is 9.44. The molecule has 7 heteroatoms. The van der Waals surface area contributed by atoms with Crippen LogP contribution in [0.2, 0.25) is 0 Å². The Kier molecular flexibility index (Phi) is 5.48. The van der Waals surface area contributed by atoms with Gasteiger partial charge in [0.05, 0.1) is 11.3 Å². The number of carbonyl (C=O) groups is 1. The van der Waals surface area contributed by atoms with E-state index in [9.17, 15) is 13.2 Å². The number of rotatable bonds is 6. The van der Waals surface area contributed by atoms with E-state index in [-0.39, 0.29) is 18.1 Å². The summed E-state index contributed by atoms with van der Waals surface area (Å²) in [4.78, 5) is 11.7. The molecule has 1 heterocycles. The van der Waals surface area contributed by atoms with Crippen molar-refractivity contribution in [2.24, 2.45) is 0 Å². The maximum absolute atomic E-state index is 11.7. The van der Waals surface area contributed by atoms with Crippen molar-refractivity contribution in [1.29, 1.82) is 0 Å². The lowest BCUT2D eigenvalue weighted by molar-refractivity contribution is -0.115. The molecular weight excluding hydrogens is 352 g/mol. The van der Waals surface area contributed by atoms with E-state index in [2.05, 4.69) is 10.5 Å². The Morgan fingerprint density at radius 3 is 2.38 bits per heavy atom. The zero-order valence-corrected chi connectivity index (χ0v) is 15.0. The molecule has 0 saturated heterocycles. The van der Waals surface area contributed by atoms with E-state index < -0.39 is 10.7 Å². The predicted molar refractivity (Wildman–Crippen MR) is 101 cm³/mol. The molecule has 0 aliphatic heterocycles. The quantitative estimate of drug-likeness (QED) is 0.650. The monoisotopic (exact) mass is 370 g/mol. The van der Waals surface area contributed by atoms with Crippen molar-refractivity contribution in [2.45, 2.75) is 13.3 Å². The fraction of sp³-hybridized carbons (Fsp3) is 0.158. The molecule has 0 aliphatic rings. The molecule has 3 aromatic rings. The van der Waals surface area contributed by atoms with Crippen LogP contribution in [0.15, 0.2) is 59.1 Å². The van der Waals surface area contributed by atoms with Crippen LogP contribution >= 0.6 is 0 Å². The number of amides is 1. The highest BCUT2D eigenvalue weighted by Gasteiger charge is 2.16. The topological polar surface area (TPSA) is 89.3 Å². The highest BCUT2D eigenvalue weighted by molar-refractivity contribution is 7.72. The van der Waals surface area contributed by atoms with Crippen LogP contribution in [0.3, 0.4) is 0 Å². The van der Waals surface area contributed by atoms with Gasteiger partial charge in [-0.2, -0.15) is 0 Å². The maximum Gasteiger partial charge on any atom is 0.225 e. The molecule has 2 aromatic carbocycles. The Balaban J connectivity index is 1.82. The minimum absolute atomic E-state index is 0.0522. The molecule has 0 spiro atoms. The molecule has 6 nitrogen and oxygen atoms in total. The Labute approximate surface area is 152 Å². The van der Waals surface area contributed by atoms with Crippen LogP contribution in [-0.2, 0) is 15.5 Å². The van der Waals surface area contributed by atoms with Crippen molar-refractivity contribution in [2.75, 3.05) is 11.1 Å². The number of benzene rings is 2. The van der Waals surface area contributed by atoms with Gasteiger partial charge in [0.2, 0.25) is 5.91 Å². The zero-order chi connectivity index (χ0) is 18.5. The molecule has 3 rings (SSSR count). The average molecular weight is 370 g/mol. The summed E-state index contributed by atoms with van der Waals surface area (Å²) in [6, 6.07) is 17.0. The Bertz CT molecular complexity index is 969. The number of carbonyl (C=O) groups excluding carboxylic acids is 1. The van der Waals surface area contributed by atoms with E-state index in [1.807, 2.05) is 49.4 Å². The van der Waals surface area contributed by atoms with Gasteiger partial charge in [-0.1, -0.05) is 47.6 Å². The van der Waals surface area contributed by atoms with E-state index in [0.717, 1.165) is 22.4 Å². The van der Waals surface area contributed by atoms with Crippen molar-refractivity contribution >= 4 is 22.3 Å². The van der Waals surface area contributed by atoms with E-state index in [1.54, 1.807) is 12.1 Å². The highest BCUT2D eigenvalue weighted by atomic mass is 32.2. The summed E-state index contributed by atoms with van der Waals surface area (Å²) in [5.41, 5.74) is 4.15. The summed E-state index contributed by atoms with van der Waals surface area (Å²) in [7, 11) is -2.55. The summed E-state index contributed by atoms with van der Waals surface area (Å²) >= 11 is 0. The summed E-state index contributed by atoms with van der Waals surface area (Å²) in [5.74, 6) is 0.225. The Morgan fingerprint density at radius 2 is 1.73 bits per heavy atom. The van der Waals surface area contributed by atoms with Gasteiger partial charge >= 0.3 is 0 Å². The minimum atomic E-state index is -2.55. The van der Waals surface area contributed by atoms with Gasteiger partial charge in [0.25, 0.3) is 0 Å². The Hall–Kier alpha value is -2.93. The second-order valence-electron chi connectivity index (χ2n) is 5.76. The van der Waals surface area contributed by atoms with Gasteiger partial charge in [-0.05, 0) is 24.6 Å². The molecule has 26 heavy (non-hydrogen) atoms.